The summed E-state index contributed by atoms with van der Waals surface area (Å²) < 4.78 is 5.42. The van der Waals surface area contributed by atoms with Crippen LogP contribution in [0, 0.1) is 0 Å². The Bertz CT molecular complexity index is 700. The zero-order valence-corrected chi connectivity index (χ0v) is 15.3. The predicted molar refractivity (Wildman–Crippen MR) is 101 cm³/mol. The van der Waals surface area contributed by atoms with Crippen molar-refractivity contribution in [3.63, 3.8) is 0 Å². The van der Waals surface area contributed by atoms with Gasteiger partial charge < -0.3 is 15.4 Å². The van der Waals surface area contributed by atoms with Gasteiger partial charge in [0.2, 0.25) is 0 Å². The van der Waals surface area contributed by atoms with Crippen molar-refractivity contribution in [2.45, 2.75) is 12.6 Å². The van der Waals surface area contributed by atoms with E-state index in [1.807, 2.05) is 41.8 Å². The summed E-state index contributed by atoms with van der Waals surface area (Å²) in [5, 5.41) is 7.46. The lowest BCUT2D eigenvalue weighted by atomic mass is 10.2. The molecule has 1 saturated heterocycles. The number of thiophene rings is 1. The Balaban J connectivity index is 1.52. The van der Waals surface area contributed by atoms with E-state index >= 15 is 0 Å². The van der Waals surface area contributed by atoms with Gasteiger partial charge >= 0.3 is 11.8 Å². The van der Waals surface area contributed by atoms with Crippen LogP contribution in [0.25, 0.3) is 0 Å². The van der Waals surface area contributed by atoms with Crippen molar-refractivity contribution in [2.24, 2.45) is 0 Å². The van der Waals surface area contributed by atoms with Crippen LogP contribution in [0.5, 0.6) is 0 Å². The van der Waals surface area contributed by atoms with E-state index in [4.69, 9.17) is 4.74 Å². The van der Waals surface area contributed by atoms with Crippen LogP contribution in [-0.2, 0) is 20.9 Å². The van der Waals surface area contributed by atoms with Gasteiger partial charge in [-0.15, -0.1) is 11.3 Å². The van der Waals surface area contributed by atoms with E-state index in [0.717, 1.165) is 18.7 Å². The molecule has 0 saturated carbocycles. The molecule has 2 aromatic rings. The maximum Gasteiger partial charge on any atom is 0.309 e. The van der Waals surface area contributed by atoms with E-state index in [1.54, 1.807) is 11.3 Å². The fourth-order valence-corrected chi connectivity index (χ4v) is 3.77. The van der Waals surface area contributed by atoms with Crippen LogP contribution >= 0.6 is 11.3 Å². The van der Waals surface area contributed by atoms with E-state index < -0.39 is 11.8 Å². The molecular weight excluding hydrogens is 350 g/mol. The van der Waals surface area contributed by atoms with Gasteiger partial charge in [0.1, 0.15) is 0 Å². The molecule has 0 spiro atoms. The minimum Gasteiger partial charge on any atom is -0.379 e. The summed E-state index contributed by atoms with van der Waals surface area (Å²) in [5.74, 6) is -1.21. The van der Waals surface area contributed by atoms with Gasteiger partial charge in [-0.1, -0.05) is 36.4 Å². The molecule has 0 bridgehead atoms. The Kier molecular flexibility index (Phi) is 6.76. The fraction of sp³-hybridized carbons (Fsp3) is 0.368. The van der Waals surface area contributed by atoms with Gasteiger partial charge in [0.05, 0.1) is 19.3 Å². The van der Waals surface area contributed by atoms with Gasteiger partial charge in [0.25, 0.3) is 0 Å². The number of carbonyl (C=O) groups excluding carboxylic acids is 2. The number of hydrogen-bond donors (Lipinski definition) is 2. The van der Waals surface area contributed by atoms with Crippen LogP contribution in [0.4, 0.5) is 0 Å². The second kappa shape index (κ2) is 9.47. The molecule has 2 amide bonds. The van der Waals surface area contributed by atoms with Gasteiger partial charge in [-0.2, -0.15) is 0 Å². The molecule has 2 heterocycles. The molecule has 1 atom stereocenters. The van der Waals surface area contributed by atoms with Gasteiger partial charge in [0, 0.05) is 31.1 Å². The zero-order valence-electron chi connectivity index (χ0n) is 14.5. The third kappa shape index (κ3) is 5.14. The predicted octanol–water partition coefficient (Wildman–Crippen LogP) is 1.55. The Morgan fingerprint density at radius 1 is 1.04 bits per heavy atom. The molecule has 6 nitrogen and oxygen atoms in total. The summed E-state index contributed by atoms with van der Waals surface area (Å²) >= 11 is 1.66. The quantitative estimate of drug-likeness (QED) is 0.754. The van der Waals surface area contributed by atoms with Crippen LogP contribution in [0.15, 0.2) is 47.8 Å². The molecule has 1 aliphatic rings. The highest BCUT2D eigenvalue weighted by Crippen LogP contribution is 2.25. The molecule has 0 radical (unpaired) electrons. The summed E-state index contributed by atoms with van der Waals surface area (Å²) in [6, 6.07) is 13.6. The van der Waals surface area contributed by atoms with Crippen molar-refractivity contribution in [3.8, 4) is 0 Å². The number of morpholine rings is 1. The van der Waals surface area contributed by atoms with Crippen molar-refractivity contribution in [3.05, 3.63) is 58.3 Å². The van der Waals surface area contributed by atoms with E-state index in [1.165, 1.54) is 4.88 Å². The lowest BCUT2D eigenvalue weighted by Crippen LogP contribution is -2.46. The SMILES string of the molecule is O=C(NCc1ccccc1)C(=O)NC[C@@H](c1cccs1)N1CCOCC1. The van der Waals surface area contributed by atoms with Gasteiger partial charge in [-0.25, -0.2) is 0 Å². The topological polar surface area (TPSA) is 70.7 Å². The summed E-state index contributed by atoms with van der Waals surface area (Å²) in [4.78, 5) is 27.7. The highest BCUT2D eigenvalue weighted by atomic mass is 32.1. The highest BCUT2D eigenvalue weighted by Gasteiger charge is 2.25. The largest absolute Gasteiger partial charge is 0.379 e. The van der Waals surface area contributed by atoms with E-state index in [9.17, 15) is 9.59 Å². The van der Waals surface area contributed by atoms with E-state index in [0.29, 0.717) is 26.3 Å². The number of hydrogen-bond acceptors (Lipinski definition) is 5. The summed E-state index contributed by atoms with van der Waals surface area (Å²) in [6.07, 6.45) is 0. The van der Waals surface area contributed by atoms with Gasteiger partial charge in [0.15, 0.2) is 0 Å². The van der Waals surface area contributed by atoms with E-state index in [2.05, 4.69) is 21.6 Å². The number of benzene rings is 1. The second-order valence-corrected chi connectivity index (χ2v) is 7.04. The Hall–Kier alpha value is -2.22. The fourth-order valence-electron chi connectivity index (χ4n) is 2.91. The number of carbonyl (C=O) groups is 2. The second-order valence-electron chi connectivity index (χ2n) is 6.06. The first-order valence-corrected chi connectivity index (χ1v) is 9.57. The first kappa shape index (κ1) is 18.6. The Morgan fingerprint density at radius 2 is 1.77 bits per heavy atom. The first-order chi connectivity index (χ1) is 12.7. The summed E-state index contributed by atoms with van der Waals surface area (Å²) in [5.41, 5.74) is 0.957. The number of nitrogens with zero attached hydrogens (tertiary/aromatic N) is 1. The molecule has 1 aromatic heterocycles. The molecule has 26 heavy (non-hydrogen) atoms. The smallest absolute Gasteiger partial charge is 0.309 e. The number of rotatable bonds is 6. The summed E-state index contributed by atoms with van der Waals surface area (Å²) in [7, 11) is 0. The maximum atomic E-state index is 12.2. The van der Waals surface area contributed by atoms with Crippen molar-refractivity contribution in [1.82, 2.24) is 15.5 Å². The molecule has 1 aromatic carbocycles. The molecule has 0 unspecified atom stereocenters. The van der Waals surface area contributed by atoms with Crippen molar-refractivity contribution in [1.29, 1.82) is 0 Å². The van der Waals surface area contributed by atoms with Crippen LogP contribution in [0.1, 0.15) is 16.5 Å². The molecule has 138 valence electrons. The molecule has 1 fully saturated rings. The average Bonchev–Trinajstić information content (AvgIpc) is 3.22. The third-order valence-electron chi connectivity index (χ3n) is 4.32. The average molecular weight is 373 g/mol. The number of nitrogens with one attached hydrogen (secondary N) is 2. The monoisotopic (exact) mass is 373 g/mol. The Morgan fingerprint density at radius 3 is 2.46 bits per heavy atom. The molecule has 1 aliphatic heterocycles. The molecule has 2 N–H and O–H groups in total. The maximum absolute atomic E-state index is 12.2. The lowest BCUT2D eigenvalue weighted by Gasteiger charge is -2.34. The molecule has 0 aliphatic carbocycles. The first-order valence-electron chi connectivity index (χ1n) is 8.69. The van der Waals surface area contributed by atoms with Crippen molar-refractivity contribution < 1.29 is 14.3 Å². The van der Waals surface area contributed by atoms with Crippen LogP contribution in [-0.4, -0.2) is 49.6 Å². The number of ether oxygens (including phenoxy) is 1. The number of amides is 2. The van der Waals surface area contributed by atoms with Crippen LogP contribution in [0.3, 0.4) is 0 Å². The van der Waals surface area contributed by atoms with Crippen LogP contribution < -0.4 is 10.6 Å². The minimum absolute atomic E-state index is 0.0600. The molecular formula is C19H23N3O3S. The zero-order chi connectivity index (χ0) is 18.2. The van der Waals surface area contributed by atoms with Crippen molar-refractivity contribution in [2.75, 3.05) is 32.8 Å². The summed E-state index contributed by atoms with van der Waals surface area (Å²) in [6.45, 7) is 3.75. The highest BCUT2D eigenvalue weighted by molar-refractivity contribution is 7.10. The third-order valence-corrected chi connectivity index (χ3v) is 5.29. The van der Waals surface area contributed by atoms with Crippen LogP contribution in [0.2, 0.25) is 0 Å². The van der Waals surface area contributed by atoms with Gasteiger partial charge in [-0.05, 0) is 17.0 Å². The Labute approximate surface area is 157 Å². The van der Waals surface area contributed by atoms with Gasteiger partial charge in [-0.3, -0.25) is 14.5 Å². The molecule has 3 rings (SSSR count). The van der Waals surface area contributed by atoms with E-state index in [-0.39, 0.29) is 6.04 Å². The molecule has 7 heteroatoms. The normalized spacial score (nSPS) is 16.0. The lowest BCUT2D eigenvalue weighted by molar-refractivity contribution is -0.139. The standard InChI is InChI=1S/C19H23N3O3S/c23-18(20-13-15-5-2-1-3-6-15)19(24)21-14-16(17-7-4-12-26-17)22-8-10-25-11-9-22/h1-7,12,16H,8-11,13-14H2,(H,20,23)(H,21,24)/t16-/m0/s1. The minimum atomic E-state index is -0.610. The van der Waals surface area contributed by atoms with Crippen molar-refractivity contribution >= 4 is 23.2 Å².